The van der Waals surface area contributed by atoms with E-state index in [0.717, 1.165) is 23.8 Å². The number of alkyl halides is 6. The second-order valence-corrected chi connectivity index (χ2v) is 9.80. The average Bonchev–Trinajstić information content (AvgIpc) is 3.44. The van der Waals surface area contributed by atoms with E-state index in [1.54, 1.807) is 31.2 Å². The number of carbonyl (C=O) groups is 2. The lowest BCUT2D eigenvalue weighted by Crippen LogP contribution is -2.18. The van der Waals surface area contributed by atoms with Crippen LogP contribution in [-0.2, 0) is 12.4 Å². The molecule has 0 aliphatic heterocycles. The Morgan fingerprint density at radius 1 is 0.950 bits per heavy atom. The van der Waals surface area contributed by atoms with Gasteiger partial charge in [-0.05, 0) is 37.1 Å². The van der Waals surface area contributed by atoms with Gasteiger partial charge in [0.25, 0.3) is 11.8 Å². The number of carbonyl (C=O) groups excluding carboxylic acids is 2. The molecule has 206 valence electrons. The van der Waals surface area contributed by atoms with E-state index in [9.17, 15) is 35.9 Å². The van der Waals surface area contributed by atoms with Gasteiger partial charge in [-0.15, -0.1) is 11.3 Å². The normalized spacial score (nSPS) is 12.3. The van der Waals surface area contributed by atoms with Crippen molar-refractivity contribution in [3.05, 3.63) is 75.7 Å². The number of hydrogen-bond acceptors (Lipinski definition) is 6. The van der Waals surface area contributed by atoms with Crippen LogP contribution in [0.15, 0.2) is 42.5 Å². The number of nitrogens with zero attached hydrogens (tertiary/aromatic N) is 4. The van der Waals surface area contributed by atoms with Crippen molar-refractivity contribution >= 4 is 44.7 Å². The molecule has 1 aromatic carbocycles. The highest BCUT2D eigenvalue weighted by molar-refractivity contribution is 7.21. The second-order valence-electron chi connectivity index (χ2n) is 8.80. The lowest BCUT2D eigenvalue weighted by molar-refractivity contribution is -0.143. The van der Waals surface area contributed by atoms with Crippen molar-refractivity contribution in [3.8, 4) is 11.1 Å². The van der Waals surface area contributed by atoms with Crippen LogP contribution in [0.2, 0.25) is 0 Å². The molecule has 0 aliphatic rings. The van der Waals surface area contributed by atoms with Crippen LogP contribution in [0, 0.1) is 13.8 Å². The van der Waals surface area contributed by atoms with E-state index in [1.165, 1.54) is 6.92 Å². The van der Waals surface area contributed by atoms with E-state index < -0.39 is 41.2 Å². The van der Waals surface area contributed by atoms with Crippen molar-refractivity contribution in [3.63, 3.8) is 0 Å². The summed E-state index contributed by atoms with van der Waals surface area (Å²) in [7, 11) is 0. The predicted molar refractivity (Wildman–Crippen MR) is 134 cm³/mol. The van der Waals surface area contributed by atoms with Crippen molar-refractivity contribution < 1.29 is 35.9 Å². The third kappa shape index (κ3) is 4.83. The summed E-state index contributed by atoms with van der Waals surface area (Å²) in [4.78, 5) is 32.6. The van der Waals surface area contributed by atoms with Crippen LogP contribution in [0.25, 0.3) is 27.0 Å². The van der Waals surface area contributed by atoms with Gasteiger partial charge in [0.1, 0.15) is 21.1 Å². The monoisotopic (exact) mass is 578 g/mol. The van der Waals surface area contributed by atoms with Gasteiger partial charge in [0, 0.05) is 17.1 Å². The molecule has 40 heavy (non-hydrogen) atoms. The number of benzene rings is 1. The van der Waals surface area contributed by atoms with Gasteiger partial charge in [-0.3, -0.25) is 9.59 Å². The first-order valence-electron chi connectivity index (χ1n) is 11.3. The topological polar surface area (TPSA) is 115 Å². The molecule has 2 amide bonds. The molecular weight excluding hydrogens is 562 g/mol. The highest BCUT2D eigenvalue weighted by atomic mass is 32.1. The van der Waals surface area contributed by atoms with Crippen LogP contribution in [0.3, 0.4) is 0 Å². The summed E-state index contributed by atoms with van der Waals surface area (Å²) in [5.74, 6) is -2.11. The molecule has 0 saturated heterocycles. The first-order valence-corrected chi connectivity index (χ1v) is 12.1. The van der Waals surface area contributed by atoms with E-state index in [4.69, 9.17) is 5.73 Å². The molecule has 15 heteroatoms. The highest BCUT2D eigenvalue weighted by Gasteiger charge is 2.36. The summed E-state index contributed by atoms with van der Waals surface area (Å²) in [5.41, 5.74) is 3.28. The number of fused-ring (bicyclic) bond motifs is 2. The molecule has 0 saturated carbocycles. The van der Waals surface area contributed by atoms with E-state index in [2.05, 4.69) is 20.4 Å². The number of anilines is 1. The standard InChI is InChI=1S/C25H16F6N6O2S/c1-10-3-5-12(6-4-10)13-8-15(24(26,27)28)34-23-18(13)19(20(40-23)21(32)38)35-22(39)14-9-17-33-11(2)7-16(25(29,30)31)37(17)36-14/h3-9H,1-2H3,(H2,32,38)(H,35,39). The zero-order valence-electron chi connectivity index (χ0n) is 20.4. The van der Waals surface area contributed by atoms with Crippen LogP contribution in [0.5, 0.6) is 0 Å². The largest absolute Gasteiger partial charge is 0.433 e. The smallest absolute Gasteiger partial charge is 0.365 e. The minimum absolute atomic E-state index is 0.00211. The molecule has 5 rings (SSSR count). The molecule has 0 radical (unpaired) electrons. The van der Waals surface area contributed by atoms with Crippen LogP contribution in [0.4, 0.5) is 32.0 Å². The molecule has 0 fully saturated rings. The number of halogens is 6. The predicted octanol–water partition coefficient (Wildman–Crippen LogP) is 6.01. The summed E-state index contributed by atoms with van der Waals surface area (Å²) >= 11 is 0.537. The average molecular weight is 578 g/mol. The van der Waals surface area contributed by atoms with E-state index in [0.29, 0.717) is 21.4 Å². The first-order chi connectivity index (χ1) is 18.6. The Kier molecular flexibility index (Phi) is 6.28. The molecule has 4 heterocycles. The number of primary amides is 1. The number of thiophene rings is 1. The van der Waals surface area contributed by atoms with Gasteiger partial charge < -0.3 is 11.1 Å². The number of rotatable bonds is 4. The minimum Gasteiger partial charge on any atom is -0.365 e. The van der Waals surface area contributed by atoms with E-state index >= 15 is 0 Å². The second kappa shape index (κ2) is 9.29. The fourth-order valence-corrected chi connectivity index (χ4v) is 5.09. The Balaban J connectivity index is 1.70. The van der Waals surface area contributed by atoms with Crippen LogP contribution in [-0.4, -0.2) is 31.4 Å². The molecule has 0 aliphatic carbocycles. The molecule has 5 aromatic rings. The molecule has 0 bridgehead atoms. The maximum Gasteiger partial charge on any atom is 0.433 e. The summed E-state index contributed by atoms with van der Waals surface area (Å²) in [6, 6.07) is 9.01. The first kappa shape index (κ1) is 27.1. The molecule has 4 aromatic heterocycles. The van der Waals surface area contributed by atoms with Gasteiger partial charge in [0.15, 0.2) is 11.3 Å². The number of amides is 2. The molecule has 3 N–H and O–H groups in total. The zero-order chi connectivity index (χ0) is 29.1. The Labute approximate surface area is 224 Å². The van der Waals surface area contributed by atoms with Gasteiger partial charge in [-0.1, -0.05) is 29.8 Å². The lowest BCUT2D eigenvalue weighted by atomic mass is 10.00. The van der Waals surface area contributed by atoms with Gasteiger partial charge in [0.05, 0.1) is 5.69 Å². The molecule has 8 nitrogen and oxygen atoms in total. The molecule has 0 unspecified atom stereocenters. The van der Waals surface area contributed by atoms with Crippen molar-refractivity contribution in [1.82, 2.24) is 19.6 Å². The van der Waals surface area contributed by atoms with Crippen molar-refractivity contribution in [1.29, 1.82) is 0 Å². The minimum atomic E-state index is -4.83. The Morgan fingerprint density at radius 3 is 2.23 bits per heavy atom. The van der Waals surface area contributed by atoms with Gasteiger partial charge >= 0.3 is 12.4 Å². The maximum absolute atomic E-state index is 13.7. The Hall–Kier alpha value is -4.53. The van der Waals surface area contributed by atoms with Gasteiger partial charge in [-0.2, -0.15) is 31.4 Å². The lowest BCUT2D eigenvalue weighted by Gasteiger charge is -2.12. The van der Waals surface area contributed by atoms with E-state index in [-0.39, 0.29) is 37.7 Å². The third-order valence-electron chi connectivity index (χ3n) is 5.86. The number of aryl methyl sites for hydroxylation is 2. The number of nitrogens with one attached hydrogen (secondary N) is 1. The molecule has 0 atom stereocenters. The SMILES string of the molecule is Cc1ccc(-c2cc(C(F)(F)F)nc3sc(C(N)=O)c(NC(=O)c4cc5nc(C)cc(C(F)(F)F)n5n4)c23)cc1. The number of aromatic nitrogens is 4. The Bertz CT molecular complexity index is 1820. The van der Waals surface area contributed by atoms with Crippen LogP contribution in [0.1, 0.15) is 42.8 Å². The number of hydrogen-bond donors (Lipinski definition) is 2. The van der Waals surface area contributed by atoms with Crippen LogP contribution < -0.4 is 11.1 Å². The molecular formula is C25H16F6N6O2S. The fraction of sp³-hybridized carbons (Fsp3) is 0.160. The number of nitrogens with two attached hydrogens (primary N) is 1. The summed E-state index contributed by atoms with van der Waals surface area (Å²) in [5, 5.41) is 6.14. The summed E-state index contributed by atoms with van der Waals surface area (Å²) < 4.78 is 82.2. The van der Waals surface area contributed by atoms with Crippen molar-refractivity contribution in [2.24, 2.45) is 5.73 Å². The summed E-state index contributed by atoms with van der Waals surface area (Å²) in [6.07, 6.45) is -9.63. The zero-order valence-corrected chi connectivity index (χ0v) is 21.2. The number of pyridine rings is 1. The van der Waals surface area contributed by atoms with Gasteiger partial charge in [0.2, 0.25) is 0 Å². The van der Waals surface area contributed by atoms with Crippen LogP contribution >= 0.6 is 11.3 Å². The highest BCUT2D eigenvalue weighted by Crippen LogP contribution is 2.44. The van der Waals surface area contributed by atoms with Crippen molar-refractivity contribution in [2.75, 3.05) is 5.32 Å². The fourth-order valence-electron chi connectivity index (χ4n) is 4.09. The van der Waals surface area contributed by atoms with E-state index in [1.807, 2.05) is 0 Å². The quantitative estimate of drug-likeness (QED) is 0.254. The molecule has 0 spiro atoms. The summed E-state index contributed by atoms with van der Waals surface area (Å²) in [6.45, 7) is 3.12. The maximum atomic E-state index is 13.7. The van der Waals surface area contributed by atoms with Crippen molar-refractivity contribution in [2.45, 2.75) is 26.2 Å². The third-order valence-corrected chi connectivity index (χ3v) is 6.95. The Morgan fingerprint density at radius 2 is 1.62 bits per heavy atom. The van der Waals surface area contributed by atoms with Gasteiger partial charge in [-0.25, -0.2) is 14.5 Å².